The Morgan fingerprint density at radius 2 is 2.50 bits per heavy atom. The van der Waals surface area contributed by atoms with Gasteiger partial charge in [-0.25, -0.2) is 5.48 Å². The van der Waals surface area contributed by atoms with Crippen LogP contribution in [0.15, 0.2) is 11.5 Å². The number of nitrogens with one attached hydrogen (secondary N) is 1. The van der Waals surface area contributed by atoms with E-state index in [2.05, 4.69) is 10.3 Å². The molecule has 0 saturated carbocycles. The quantitative estimate of drug-likeness (QED) is 0.492. The molecule has 0 radical (unpaired) electrons. The molecule has 0 aromatic carbocycles. The minimum Gasteiger partial charge on any atom is -0.274 e. The first-order chi connectivity index (χ1) is 4.81. The van der Waals surface area contributed by atoms with Crippen molar-refractivity contribution in [2.75, 3.05) is 12.9 Å². The zero-order chi connectivity index (χ0) is 7.82. The summed E-state index contributed by atoms with van der Waals surface area (Å²) in [4.78, 5) is 15.3. The zero-order valence-corrected chi connectivity index (χ0v) is 6.90. The molecule has 0 aliphatic rings. The van der Waals surface area contributed by atoms with E-state index in [9.17, 15) is 4.79 Å². The molecule has 0 spiro atoms. The highest BCUT2D eigenvalue weighted by molar-refractivity contribution is 8.01. The first-order valence-electron chi connectivity index (χ1n) is 2.92. The van der Waals surface area contributed by atoms with Crippen molar-refractivity contribution < 1.29 is 9.63 Å². The molecular formula is C6H11NO2S. The van der Waals surface area contributed by atoms with Gasteiger partial charge in [0.15, 0.2) is 0 Å². The molecule has 0 saturated heterocycles. The lowest BCUT2D eigenvalue weighted by Gasteiger charge is -1.97. The van der Waals surface area contributed by atoms with E-state index < -0.39 is 0 Å². The average Bonchev–Trinajstić information content (AvgIpc) is 1.97. The van der Waals surface area contributed by atoms with Gasteiger partial charge in [-0.3, -0.25) is 9.63 Å². The van der Waals surface area contributed by atoms with Crippen molar-refractivity contribution in [3.05, 3.63) is 11.5 Å². The van der Waals surface area contributed by atoms with Crippen LogP contribution < -0.4 is 5.48 Å². The molecule has 0 aliphatic heterocycles. The van der Waals surface area contributed by atoms with Crippen molar-refractivity contribution in [3.63, 3.8) is 0 Å². The first kappa shape index (κ1) is 9.52. The van der Waals surface area contributed by atoms with Crippen molar-refractivity contribution >= 4 is 17.7 Å². The maximum absolute atomic E-state index is 10.6. The Morgan fingerprint density at radius 3 is 3.00 bits per heavy atom. The Bertz CT molecular complexity index is 125. The van der Waals surface area contributed by atoms with Gasteiger partial charge < -0.3 is 0 Å². The van der Waals surface area contributed by atoms with Crippen molar-refractivity contribution in [1.29, 1.82) is 0 Å². The van der Waals surface area contributed by atoms with Gasteiger partial charge in [-0.2, -0.15) is 0 Å². The normalized spacial score (nSPS) is 10.2. The van der Waals surface area contributed by atoms with Gasteiger partial charge in [0.1, 0.15) is 0 Å². The molecule has 0 fully saturated rings. The van der Waals surface area contributed by atoms with Crippen molar-refractivity contribution in [2.45, 2.75) is 6.92 Å². The smallest absolute Gasteiger partial charge is 0.268 e. The van der Waals surface area contributed by atoms with E-state index in [-0.39, 0.29) is 5.91 Å². The lowest BCUT2D eigenvalue weighted by atomic mass is 10.6. The standard InChI is InChI=1S/C6H11NO2S/c1-3-9-7-6(8)4-5-10-2/h4-5H,3H2,1-2H3,(H,7,8)/b5-4+. The highest BCUT2D eigenvalue weighted by Gasteiger charge is 1.89. The van der Waals surface area contributed by atoms with Crippen molar-refractivity contribution in [1.82, 2.24) is 5.48 Å². The second kappa shape index (κ2) is 6.64. The summed E-state index contributed by atoms with van der Waals surface area (Å²) in [5.41, 5.74) is 2.23. The summed E-state index contributed by atoms with van der Waals surface area (Å²) >= 11 is 1.47. The predicted molar refractivity (Wildman–Crippen MR) is 42.4 cm³/mol. The largest absolute Gasteiger partial charge is 0.274 e. The van der Waals surface area contributed by atoms with Gasteiger partial charge in [0, 0.05) is 6.08 Å². The second-order valence-corrected chi connectivity index (χ2v) is 2.18. The van der Waals surface area contributed by atoms with Crippen LogP contribution in [-0.2, 0) is 9.63 Å². The fourth-order valence-corrected chi connectivity index (χ4v) is 0.567. The van der Waals surface area contributed by atoms with Gasteiger partial charge in [0.05, 0.1) is 6.61 Å². The zero-order valence-electron chi connectivity index (χ0n) is 6.09. The van der Waals surface area contributed by atoms with E-state index in [4.69, 9.17) is 0 Å². The van der Waals surface area contributed by atoms with Crippen LogP contribution in [0.4, 0.5) is 0 Å². The van der Waals surface area contributed by atoms with Gasteiger partial charge in [-0.1, -0.05) is 0 Å². The van der Waals surface area contributed by atoms with E-state index >= 15 is 0 Å². The molecular weight excluding hydrogens is 150 g/mol. The SMILES string of the molecule is CCONC(=O)/C=C/SC. The summed E-state index contributed by atoms with van der Waals surface area (Å²) in [5.74, 6) is -0.226. The molecule has 10 heavy (non-hydrogen) atoms. The maximum atomic E-state index is 10.6. The summed E-state index contributed by atoms with van der Waals surface area (Å²) in [7, 11) is 0. The van der Waals surface area contributed by atoms with E-state index in [0.29, 0.717) is 6.61 Å². The topological polar surface area (TPSA) is 38.3 Å². The molecule has 0 unspecified atom stereocenters. The Morgan fingerprint density at radius 1 is 1.80 bits per heavy atom. The minimum absolute atomic E-state index is 0.226. The van der Waals surface area contributed by atoms with E-state index in [0.717, 1.165) is 0 Å². The molecule has 0 aromatic heterocycles. The van der Waals surface area contributed by atoms with Crippen LogP contribution in [0.3, 0.4) is 0 Å². The van der Waals surface area contributed by atoms with Crippen LogP contribution in [0, 0.1) is 0 Å². The Balaban J connectivity index is 3.34. The summed E-state index contributed by atoms with van der Waals surface area (Å²) in [6.07, 6.45) is 3.30. The predicted octanol–water partition coefficient (Wildman–Crippen LogP) is 0.931. The number of hydroxylamine groups is 1. The van der Waals surface area contributed by atoms with Gasteiger partial charge in [-0.15, -0.1) is 11.8 Å². The third-order valence-electron chi connectivity index (χ3n) is 0.673. The van der Waals surface area contributed by atoms with Crippen LogP contribution in [0.1, 0.15) is 6.92 Å². The molecule has 4 heteroatoms. The molecule has 0 aromatic rings. The summed E-state index contributed by atoms with van der Waals surface area (Å²) in [6.45, 7) is 2.29. The van der Waals surface area contributed by atoms with E-state index in [1.807, 2.05) is 6.26 Å². The Hall–Kier alpha value is -0.480. The number of thioether (sulfide) groups is 1. The van der Waals surface area contributed by atoms with Crippen LogP contribution in [-0.4, -0.2) is 18.8 Å². The summed E-state index contributed by atoms with van der Waals surface area (Å²) in [6, 6.07) is 0. The van der Waals surface area contributed by atoms with Crippen LogP contribution >= 0.6 is 11.8 Å². The van der Waals surface area contributed by atoms with Crippen molar-refractivity contribution in [3.8, 4) is 0 Å². The van der Waals surface area contributed by atoms with Crippen LogP contribution in [0.25, 0.3) is 0 Å². The molecule has 1 amide bonds. The van der Waals surface area contributed by atoms with Crippen molar-refractivity contribution in [2.24, 2.45) is 0 Å². The summed E-state index contributed by atoms with van der Waals surface area (Å²) < 4.78 is 0. The molecule has 3 nitrogen and oxygen atoms in total. The second-order valence-electron chi connectivity index (χ2n) is 1.44. The van der Waals surface area contributed by atoms with E-state index in [1.165, 1.54) is 17.8 Å². The van der Waals surface area contributed by atoms with Crippen LogP contribution in [0.5, 0.6) is 0 Å². The number of amides is 1. The number of rotatable bonds is 4. The van der Waals surface area contributed by atoms with E-state index in [1.54, 1.807) is 12.3 Å². The fourth-order valence-electron chi connectivity index (χ4n) is 0.307. The maximum Gasteiger partial charge on any atom is 0.268 e. The minimum atomic E-state index is -0.226. The van der Waals surface area contributed by atoms with Gasteiger partial charge in [-0.05, 0) is 18.6 Å². The monoisotopic (exact) mass is 161 g/mol. The summed E-state index contributed by atoms with van der Waals surface area (Å²) in [5, 5.41) is 1.69. The number of hydrogen-bond donors (Lipinski definition) is 1. The number of carbonyl (C=O) groups excluding carboxylic acids is 1. The number of carbonyl (C=O) groups is 1. The molecule has 0 rings (SSSR count). The highest BCUT2D eigenvalue weighted by atomic mass is 32.2. The third-order valence-corrected chi connectivity index (χ3v) is 1.08. The average molecular weight is 161 g/mol. The van der Waals surface area contributed by atoms with Gasteiger partial charge in [0.2, 0.25) is 0 Å². The fraction of sp³-hybridized carbons (Fsp3) is 0.500. The molecule has 0 heterocycles. The Kier molecular flexibility index (Phi) is 6.32. The third kappa shape index (κ3) is 5.65. The molecule has 58 valence electrons. The molecule has 1 N–H and O–H groups in total. The van der Waals surface area contributed by atoms with Gasteiger partial charge >= 0.3 is 0 Å². The Labute approximate surface area is 64.8 Å². The molecule has 0 atom stereocenters. The number of hydrogen-bond acceptors (Lipinski definition) is 3. The lowest BCUT2D eigenvalue weighted by molar-refractivity contribution is -0.128. The lowest BCUT2D eigenvalue weighted by Crippen LogP contribution is -2.20. The van der Waals surface area contributed by atoms with Gasteiger partial charge in [0.25, 0.3) is 5.91 Å². The molecule has 0 aliphatic carbocycles. The first-order valence-corrected chi connectivity index (χ1v) is 4.21. The molecule has 0 bridgehead atoms. The highest BCUT2D eigenvalue weighted by Crippen LogP contribution is 1.91. The van der Waals surface area contributed by atoms with Crippen LogP contribution in [0.2, 0.25) is 0 Å².